The molecule has 10 nitrogen and oxygen atoms in total. The van der Waals surface area contributed by atoms with Gasteiger partial charge in [0.25, 0.3) is 10.0 Å². The molecule has 11 heteroatoms. The zero-order valence-electron chi connectivity index (χ0n) is 16.7. The fourth-order valence-electron chi connectivity index (χ4n) is 2.80. The molecule has 1 heterocycles. The summed E-state index contributed by atoms with van der Waals surface area (Å²) < 4.78 is 32.2. The van der Waals surface area contributed by atoms with Crippen molar-refractivity contribution < 1.29 is 27.9 Å². The van der Waals surface area contributed by atoms with Crippen molar-refractivity contribution in [3.8, 4) is 0 Å². The summed E-state index contributed by atoms with van der Waals surface area (Å²) in [6, 6.07) is 4.34. The van der Waals surface area contributed by atoms with E-state index in [9.17, 15) is 23.1 Å². The number of aryl methyl sites for hydroxylation is 1. The standard InChI is InChI=1S/C18H26N4O6S/c1-11-5-7-13(8-6-11)29(26,27)21-16(19)20-12-9-14(15(23)24)22(10-12)17(25)28-18(2,3)4/h5-8,12,14H,9-10H2,1-4H3,(H,23,24)(H3,19,20,21)/t12-,14+/m1/s1. The second-order valence-corrected chi connectivity index (χ2v) is 9.49. The summed E-state index contributed by atoms with van der Waals surface area (Å²) in [5, 5.41) is 9.40. The Labute approximate surface area is 169 Å². The monoisotopic (exact) mass is 426 g/mol. The van der Waals surface area contributed by atoms with Crippen LogP contribution in [0.4, 0.5) is 4.79 Å². The summed E-state index contributed by atoms with van der Waals surface area (Å²) in [5.74, 6) is -1.59. The van der Waals surface area contributed by atoms with Gasteiger partial charge in [-0.05, 0) is 39.8 Å². The van der Waals surface area contributed by atoms with E-state index in [1.54, 1.807) is 32.9 Å². The number of hydrogen-bond donors (Lipinski definition) is 3. The van der Waals surface area contributed by atoms with Crippen LogP contribution in [0.25, 0.3) is 0 Å². The van der Waals surface area contributed by atoms with Gasteiger partial charge in [-0.15, -0.1) is 0 Å². The third kappa shape index (κ3) is 6.08. The number of aliphatic carboxylic acids is 1. The van der Waals surface area contributed by atoms with Gasteiger partial charge >= 0.3 is 12.1 Å². The molecule has 1 aromatic rings. The summed E-state index contributed by atoms with van der Waals surface area (Å²) in [7, 11) is -3.93. The number of likely N-dealkylation sites (tertiary alicyclic amines) is 1. The molecule has 2 atom stereocenters. The van der Waals surface area contributed by atoms with Gasteiger partial charge in [0, 0.05) is 13.0 Å². The lowest BCUT2D eigenvalue weighted by Crippen LogP contribution is -2.43. The number of carbonyl (C=O) groups excluding carboxylic acids is 1. The average Bonchev–Trinajstić information content (AvgIpc) is 2.97. The van der Waals surface area contributed by atoms with Gasteiger partial charge in [-0.1, -0.05) is 17.7 Å². The molecule has 1 aliphatic heterocycles. The number of benzene rings is 1. The first-order valence-corrected chi connectivity index (χ1v) is 10.4. The molecule has 0 saturated carbocycles. The Balaban J connectivity index is 2.13. The van der Waals surface area contributed by atoms with E-state index in [2.05, 4.69) is 9.71 Å². The summed E-state index contributed by atoms with van der Waals surface area (Å²) in [4.78, 5) is 28.9. The van der Waals surface area contributed by atoms with Crippen molar-refractivity contribution in [1.82, 2.24) is 9.62 Å². The maximum atomic E-state index is 12.4. The second kappa shape index (κ2) is 8.27. The Kier molecular flexibility index (Phi) is 6.41. The van der Waals surface area contributed by atoms with Crippen molar-refractivity contribution in [3.63, 3.8) is 0 Å². The van der Waals surface area contributed by atoms with Crippen molar-refractivity contribution in [2.24, 2.45) is 10.7 Å². The third-order valence-electron chi connectivity index (χ3n) is 4.08. The van der Waals surface area contributed by atoms with Crippen molar-refractivity contribution in [3.05, 3.63) is 29.8 Å². The van der Waals surface area contributed by atoms with Gasteiger partial charge in [0.15, 0.2) is 0 Å². The average molecular weight is 426 g/mol. The number of sulfonamides is 1. The number of hydrogen-bond acceptors (Lipinski definition) is 6. The number of carboxylic acids is 1. The predicted molar refractivity (Wildman–Crippen MR) is 106 cm³/mol. The number of aliphatic imine (C=N–C) groups is 1. The van der Waals surface area contributed by atoms with Crippen LogP contribution in [-0.4, -0.2) is 60.7 Å². The largest absolute Gasteiger partial charge is 0.480 e. The summed E-state index contributed by atoms with van der Waals surface area (Å²) in [5.41, 5.74) is 5.84. The molecule has 0 aromatic heterocycles. The molecular weight excluding hydrogens is 400 g/mol. The molecule has 160 valence electrons. The van der Waals surface area contributed by atoms with Gasteiger partial charge in [0.05, 0.1) is 10.9 Å². The van der Waals surface area contributed by atoms with Crippen LogP contribution in [-0.2, 0) is 19.6 Å². The highest BCUT2D eigenvalue weighted by molar-refractivity contribution is 7.90. The molecule has 29 heavy (non-hydrogen) atoms. The van der Waals surface area contributed by atoms with Gasteiger partial charge < -0.3 is 15.6 Å². The zero-order valence-corrected chi connectivity index (χ0v) is 17.6. The van der Waals surface area contributed by atoms with Crippen LogP contribution < -0.4 is 10.5 Å². The topological polar surface area (TPSA) is 151 Å². The fourth-order valence-corrected chi connectivity index (χ4v) is 3.74. The number of rotatable bonds is 4. The van der Waals surface area contributed by atoms with Crippen LogP contribution >= 0.6 is 0 Å². The molecule has 2 rings (SSSR count). The van der Waals surface area contributed by atoms with E-state index in [0.717, 1.165) is 10.5 Å². The Bertz CT molecular complexity index is 905. The maximum absolute atomic E-state index is 12.4. The van der Waals surface area contributed by atoms with Crippen LogP contribution in [0.3, 0.4) is 0 Å². The molecule has 1 aliphatic rings. The molecular formula is C18H26N4O6S. The minimum Gasteiger partial charge on any atom is -0.480 e. The number of ether oxygens (including phenoxy) is 1. The van der Waals surface area contributed by atoms with E-state index in [-0.39, 0.29) is 23.8 Å². The molecule has 4 N–H and O–H groups in total. The lowest BCUT2D eigenvalue weighted by atomic mass is 10.2. The highest BCUT2D eigenvalue weighted by Crippen LogP contribution is 2.23. The zero-order chi connectivity index (χ0) is 22.0. The van der Waals surface area contributed by atoms with E-state index in [1.807, 2.05) is 6.92 Å². The Hall–Kier alpha value is -2.82. The van der Waals surface area contributed by atoms with Crippen molar-refractivity contribution in [2.45, 2.75) is 56.7 Å². The number of nitrogens with one attached hydrogen (secondary N) is 1. The van der Waals surface area contributed by atoms with Gasteiger partial charge in [-0.2, -0.15) is 0 Å². The second-order valence-electron chi connectivity index (χ2n) is 7.81. The minimum absolute atomic E-state index is 0.0124. The van der Waals surface area contributed by atoms with E-state index >= 15 is 0 Å². The van der Waals surface area contributed by atoms with E-state index in [1.165, 1.54) is 12.1 Å². The first-order valence-electron chi connectivity index (χ1n) is 8.93. The van der Waals surface area contributed by atoms with Gasteiger partial charge in [-0.25, -0.2) is 27.7 Å². The Morgan fingerprint density at radius 2 is 1.86 bits per heavy atom. The summed E-state index contributed by atoms with van der Waals surface area (Å²) in [6.07, 6.45) is -0.789. The highest BCUT2D eigenvalue weighted by Gasteiger charge is 2.41. The van der Waals surface area contributed by atoms with Crippen LogP contribution in [0.2, 0.25) is 0 Å². The molecule has 1 aromatic carbocycles. The van der Waals surface area contributed by atoms with Crippen LogP contribution in [0.5, 0.6) is 0 Å². The Morgan fingerprint density at radius 1 is 1.28 bits per heavy atom. The highest BCUT2D eigenvalue weighted by atomic mass is 32.2. The number of guanidine groups is 1. The predicted octanol–water partition coefficient (Wildman–Crippen LogP) is 1.05. The number of carboxylic acid groups (broad SMARTS) is 1. The summed E-state index contributed by atoms with van der Waals surface area (Å²) in [6.45, 7) is 6.78. The molecule has 1 amide bonds. The fraction of sp³-hybridized carbons (Fsp3) is 0.500. The molecule has 0 aliphatic carbocycles. The van der Waals surface area contributed by atoms with E-state index in [4.69, 9.17) is 10.5 Å². The van der Waals surface area contributed by atoms with Crippen LogP contribution in [0, 0.1) is 6.92 Å². The lowest BCUT2D eigenvalue weighted by molar-refractivity contribution is -0.142. The molecule has 0 spiro atoms. The van der Waals surface area contributed by atoms with Gasteiger partial charge in [-0.3, -0.25) is 4.90 Å². The molecule has 0 unspecified atom stereocenters. The normalized spacial score (nSPS) is 20.4. The van der Waals surface area contributed by atoms with Crippen molar-refractivity contribution in [2.75, 3.05) is 6.54 Å². The van der Waals surface area contributed by atoms with E-state index in [0.29, 0.717) is 0 Å². The van der Waals surface area contributed by atoms with Crippen molar-refractivity contribution in [1.29, 1.82) is 0 Å². The number of amides is 1. The SMILES string of the molecule is Cc1ccc(S(=O)(=O)NC(N)=N[C@@H]2C[C@@H](C(=O)O)N(C(=O)OC(C)(C)C)C2)cc1. The molecule has 0 bridgehead atoms. The van der Waals surface area contributed by atoms with E-state index < -0.39 is 39.8 Å². The quantitative estimate of drug-likeness (QED) is 0.481. The van der Waals surface area contributed by atoms with Gasteiger partial charge in [0.1, 0.15) is 11.6 Å². The maximum Gasteiger partial charge on any atom is 0.411 e. The van der Waals surface area contributed by atoms with Gasteiger partial charge in [0.2, 0.25) is 5.96 Å². The van der Waals surface area contributed by atoms with Crippen LogP contribution in [0.15, 0.2) is 34.2 Å². The van der Waals surface area contributed by atoms with Crippen LogP contribution in [0.1, 0.15) is 32.8 Å². The third-order valence-corrected chi connectivity index (χ3v) is 5.45. The molecule has 1 saturated heterocycles. The number of nitrogens with zero attached hydrogens (tertiary/aromatic N) is 2. The first-order chi connectivity index (χ1) is 13.3. The number of nitrogens with two attached hydrogens (primary N) is 1. The minimum atomic E-state index is -3.93. The lowest BCUT2D eigenvalue weighted by Gasteiger charge is -2.26. The smallest absolute Gasteiger partial charge is 0.411 e. The first kappa shape index (κ1) is 22.5. The molecule has 1 fully saturated rings. The Morgan fingerprint density at radius 3 is 2.38 bits per heavy atom. The summed E-state index contributed by atoms with van der Waals surface area (Å²) >= 11 is 0. The van der Waals surface area contributed by atoms with Crippen molar-refractivity contribution >= 4 is 28.0 Å². The number of carbonyl (C=O) groups is 2. The molecule has 0 radical (unpaired) electrons.